The number of carboxylic acids is 1. The van der Waals surface area contributed by atoms with E-state index in [1.54, 1.807) is 0 Å². The van der Waals surface area contributed by atoms with Crippen molar-refractivity contribution in [2.24, 2.45) is 0 Å². The zero-order valence-corrected chi connectivity index (χ0v) is 5.82. The minimum atomic E-state index is -1.35. The van der Waals surface area contributed by atoms with Crippen LogP contribution in [0, 0.1) is 0 Å². The topological polar surface area (TPSA) is 54.4 Å². The molecule has 1 N–H and O–H groups in total. The standard InChI is InChI=1S/C4H3ClO3S/c5-3(4(7)8)2(9)1-6/h1,9H,(H,7,8). The van der Waals surface area contributed by atoms with E-state index in [0.717, 1.165) is 0 Å². The number of halogens is 1. The number of thiol groups is 1. The van der Waals surface area contributed by atoms with E-state index in [1.165, 1.54) is 0 Å². The van der Waals surface area contributed by atoms with E-state index < -0.39 is 11.0 Å². The molecule has 0 bridgehead atoms. The lowest BCUT2D eigenvalue weighted by Gasteiger charge is -1.88. The molecule has 5 heteroatoms. The maximum absolute atomic E-state index is 9.90. The molecule has 0 aliphatic rings. The lowest BCUT2D eigenvalue weighted by molar-refractivity contribution is -0.132. The van der Waals surface area contributed by atoms with Crippen molar-refractivity contribution in [3.63, 3.8) is 0 Å². The smallest absolute Gasteiger partial charge is 0.348 e. The van der Waals surface area contributed by atoms with Crippen LogP contribution in [0.15, 0.2) is 9.94 Å². The van der Waals surface area contributed by atoms with Crippen molar-refractivity contribution < 1.29 is 14.7 Å². The maximum atomic E-state index is 9.90. The van der Waals surface area contributed by atoms with Crippen LogP contribution in [-0.2, 0) is 9.59 Å². The largest absolute Gasteiger partial charge is 0.477 e. The Labute approximate surface area is 61.7 Å². The van der Waals surface area contributed by atoms with E-state index in [-0.39, 0.29) is 11.2 Å². The highest BCUT2D eigenvalue weighted by Crippen LogP contribution is 2.09. The van der Waals surface area contributed by atoms with Crippen LogP contribution in [0.1, 0.15) is 0 Å². The second-order valence-electron chi connectivity index (χ2n) is 1.12. The molecule has 3 nitrogen and oxygen atoms in total. The Bertz CT molecular complexity index is 175. The first kappa shape index (κ1) is 8.52. The van der Waals surface area contributed by atoms with Gasteiger partial charge in [0.1, 0.15) is 5.03 Å². The Kier molecular flexibility index (Phi) is 3.34. The summed E-state index contributed by atoms with van der Waals surface area (Å²) in [4.78, 5) is 19.4. The molecule has 0 heterocycles. The van der Waals surface area contributed by atoms with Crippen molar-refractivity contribution in [1.82, 2.24) is 0 Å². The number of carbonyl (C=O) groups is 2. The molecule has 0 aliphatic heterocycles. The molecular weight excluding hydrogens is 164 g/mol. The fourth-order valence-electron chi connectivity index (χ4n) is 0.161. The van der Waals surface area contributed by atoms with Crippen LogP contribution in [0.2, 0.25) is 0 Å². The van der Waals surface area contributed by atoms with Gasteiger partial charge >= 0.3 is 5.97 Å². The normalized spacial score (nSPS) is 12.2. The molecule has 0 fully saturated rings. The van der Waals surface area contributed by atoms with E-state index in [2.05, 4.69) is 12.6 Å². The van der Waals surface area contributed by atoms with Crippen LogP contribution < -0.4 is 0 Å². The van der Waals surface area contributed by atoms with Crippen LogP contribution in [-0.4, -0.2) is 17.4 Å². The van der Waals surface area contributed by atoms with Crippen molar-refractivity contribution in [1.29, 1.82) is 0 Å². The minimum absolute atomic E-state index is 0.263. The van der Waals surface area contributed by atoms with Crippen LogP contribution >= 0.6 is 24.2 Å². The van der Waals surface area contributed by atoms with Gasteiger partial charge < -0.3 is 5.11 Å². The summed E-state index contributed by atoms with van der Waals surface area (Å²) in [6.07, 6.45) is 0.263. The maximum Gasteiger partial charge on any atom is 0.348 e. The fourth-order valence-corrected chi connectivity index (χ4v) is 0.301. The monoisotopic (exact) mass is 166 g/mol. The van der Waals surface area contributed by atoms with E-state index in [9.17, 15) is 9.59 Å². The van der Waals surface area contributed by atoms with E-state index in [1.807, 2.05) is 0 Å². The third kappa shape index (κ3) is 2.53. The van der Waals surface area contributed by atoms with Gasteiger partial charge in [-0.15, -0.1) is 12.6 Å². The summed E-state index contributed by atoms with van der Waals surface area (Å²) in [5.74, 6) is -1.35. The van der Waals surface area contributed by atoms with E-state index >= 15 is 0 Å². The number of allylic oxidation sites excluding steroid dienone is 1. The zero-order chi connectivity index (χ0) is 7.44. The average molecular weight is 167 g/mol. The summed E-state index contributed by atoms with van der Waals surface area (Å²) < 4.78 is 0. The minimum Gasteiger partial charge on any atom is -0.477 e. The van der Waals surface area contributed by atoms with Gasteiger partial charge in [-0.1, -0.05) is 11.6 Å². The van der Waals surface area contributed by atoms with Crippen molar-refractivity contribution >= 4 is 36.5 Å². The Morgan fingerprint density at radius 3 is 2.22 bits per heavy atom. The molecular formula is C4H3ClO3S. The highest BCUT2D eigenvalue weighted by atomic mass is 35.5. The number of hydrogen-bond acceptors (Lipinski definition) is 3. The van der Waals surface area contributed by atoms with Crippen LogP contribution in [0.3, 0.4) is 0 Å². The van der Waals surface area contributed by atoms with E-state index in [4.69, 9.17) is 16.7 Å². The molecule has 0 aliphatic carbocycles. The van der Waals surface area contributed by atoms with Crippen LogP contribution in [0.4, 0.5) is 0 Å². The highest BCUT2D eigenvalue weighted by molar-refractivity contribution is 7.85. The summed E-state index contributed by atoms with van der Waals surface area (Å²) in [6.45, 7) is 0. The molecule has 0 atom stereocenters. The summed E-state index contributed by atoms with van der Waals surface area (Å²) in [7, 11) is 0. The van der Waals surface area contributed by atoms with Crippen molar-refractivity contribution in [3.8, 4) is 0 Å². The first-order chi connectivity index (χ1) is 4.09. The van der Waals surface area contributed by atoms with Crippen molar-refractivity contribution in [3.05, 3.63) is 9.94 Å². The zero-order valence-electron chi connectivity index (χ0n) is 4.17. The van der Waals surface area contributed by atoms with Gasteiger partial charge in [-0.25, -0.2) is 4.79 Å². The number of hydrogen-bond donors (Lipinski definition) is 2. The Morgan fingerprint density at radius 1 is 1.67 bits per heavy atom. The molecule has 0 saturated heterocycles. The molecule has 0 aromatic carbocycles. The number of carboxylic acid groups (broad SMARTS) is 1. The predicted molar refractivity (Wildman–Crippen MR) is 35.6 cm³/mol. The molecule has 0 unspecified atom stereocenters. The van der Waals surface area contributed by atoms with Crippen LogP contribution in [0.25, 0.3) is 0 Å². The number of rotatable bonds is 2. The first-order valence-electron chi connectivity index (χ1n) is 1.86. The Hall–Kier alpha value is -0.480. The van der Waals surface area contributed by atoms with Gasteiger partial charge in [-0.3, -0.25) is 4.79 Å². The number of aldehydes is 1. The van der Waals surface area contributed by atoms with Gasteiger partial charge in [0.15, 0.2) is 6.29 Å². The third-order valence-electron chi connectivity index (χ3n) is 0.524. The summed E-state index contributed by atoms with van der Waals surface area (Å²) in [5.41, 5.74) is 0. The van der Waals surface area contributed by atoms with Gasteiger partial charge in [0, 0.05) is 0 Å². The summed E-state index contributed by atoms with van der Waals surface area (Å²) >= 11 is 8.50. The molecule has 0 aromatic rings. The van der Waals surface area contributed by atoms with E-state index in [0.29, 0.717) is 0 Å². The van der Waals surface area contributed by atoms with Gasteiger partial charge in [0.2, 0.25) is 0 Å². The quantitative estimate of drug-likeness (QED) is 0.360. The molecule has 0 rings (SSSR count). The lowest BCUT2D eigenvalue weighted by atomic mass is 10.5. The highest BCUT2D eigenvalue weighted by Gasteiger charge is 2.06. The van der Waals surface area contributed by atoms with Gasteiger partial charge in [0.05, 0.1) is 4.91 Å². The van der Waals surface area contributed by atoms with Gasteiger partial charge in [-0.2, -0.15) is 0 Å². The summed E-state index contributed by atoms with van der Waals surface area (Å²) in [6, 6.07) is 0. The molecule has 0 radical (unpaired) electrons. The first-order valence-corrected chi connectivity index (χ1v) is 2.69. The molecule has 0 aromatic heterocycles. The Morgan fingerprint density at radius 2 is 2.11 bits per heavy atom. The van der Waals surface area contributed by atoms with Gasteiger partial charge in [0.25, 0.3) is 0 Å². The predicted octanol–water partition coefficient (Wildman–Crippen LogP) is 0.650. The summed E-state index contributed by atoms with van der Waals surface area (Å²) in [5, 5.41) is 7.52. The molecule has 50 valence electrons. The molecule has 0 saturated carbocycles. The lowest BCUT2D eigenvalue weighted by Crippen LogP contribution is -1.96. The fraction of sp³-hybridized carbons (Fsp3) is 0. The third-order valence-corrected chi connectivity index (χ3v) is 1.35. The SMILES string of the molecule is O=CC(S)=C(Cl)C(=O)O. The Balaban J connectivity index is 4.47. The second-order valence-corrected chi connectivity index (χ2v) is 1.98. The number of carbonyl (C=O) groups excluding carboxylic acids is 1. The average Bonchev–Trinajstić information content (AvgIpc) is 1.84. The van der Waals surface area contributed by atoms with Gasteiger partial charge in [-0.05, 0) is 0 Å². The molecule has 9 heavy (non-hydrogen) atoms. The van der Waals surface area contributed by atoms with Crippen molar-refractivity contribution in [2.45, 2.75) is 0 Å². The number of aliphatic carboxylic acids is 1. The van der Waals surface area contributed by atoms with Crippen LogP contribution in [0.5, 0.6) is 0 Å². The van der Waals surface area contributed by atoms with Crippen molar-refractivity contribution in [2.75, 3.05) is 0 Å². The molecule has 0 amide bonds. The second kappa shape index (κ2) is 3.53. The molecule has 0 spiro atoms.